The first kappa shape index (κ1) is 15.0. The Labute approximate surface area is 116 Å². The molecule has 0 heterocycles. The summed E-state index contributed by atoms with van der Waals surface area (Å²) in [5, 5.41) is 8.53. The van der Waals surface area contributed by atoms with Gasteiger partial charge in [-0.25, -0.2) is 0 Å². The Morgan fingerprint density at radius 1 is 1.33 bits per heavy atom. The van der Waals surface area contributed by atoms with Crippen molar-refractivity contribution >= 4 is 21.9 Å². The number of rotatable bonds is 8. The monoisotopic (exact) mass is 314 g/mol. The van der Waals surface area contributed by atoms with Gasteiger partial charge in [-0.1, -0.05) is 28.4 Å². The molecule has 0 aliphatic heterocycles. The Kier molecular flexibility index (Phi) is 6.80. The second-order valence-electron chi connectivity index (χ2n) is 4.14. The molecule has 0 radical (unpaired) electrons. The van der Waals surface area contributed by atoms with Crippen LogP contribution in [-0.2, 0) is 11.2 Å². The maximum absolute atomic E-state index is 10.4. The molecule has 0 aliphatic carbocycles. The van der Waals surface area contributed by atoms with Crippen LogP contribution >= 0.6 is 15.9 Å². The summed E-state index contributed by atoms with van der Waals surface area (Å²) in [5.74, 6) is 0.163. The molecule has 0 saturated carbocycles. The van der Waals surface area contributed by atoms with Gasteiger partial charge >= 0.3 is 5.97 Å². The number of benzene rings is 1. The molecule has 0 bridgehead atoms. The molecule has 1 N–H and O–H groups in total. The van der Waals surface area contributed by atoms with E-state index in [1.165, 1.54) is 5.56 Å². The van der Waals surface area contributed by atoms with Crippen LogP contribution in [0.25, 0.3) is 0 Å². The zero-order valence-electron chi connectivity index (χ0n) is 10.6. The van der Waals surface area contributed by atoms with Gasteiger partial charge < -0.3 is 9.84 Å². The second-order valence-corrected chi connectivity index (χ2v) is 4.99. The molecule has 1 aromatic carbocycles. The van der Waals surface area contributed by atoms with Gasteiger partial charge in [0.25, 0.3) is 0 Å². The fraction of sp³-hybridized carbons (Fsp3) is 0.500. The van der Waals surface area contributed by atoms with Crippen LogP contribution in [0.15, 0.2) is 22.7 Å². The van der Waals surface area contributed by atoms with Crippen LogP contribution in [0.1, 0.15) is 38.2 Å². The summed E-state index contributed by atoms with van der Waals surface area (Å²) < 4.78 is 6.48. The summed E-state index contributed by atoms with van der Waals surface area (Å²) in [5.41, 5.74) is 1.24. The van der Waals surface area contributed by atoms with Gasteiger partial charge in [0.2, 0.25) is 0 Å². The standard InChI is InChI=1S/C14H19BrO3/c1-2-18-12-9-8-11(13(15)10-12)6-4-3-5-7-14(16)17/h8-10H,2-7H2,1H3,(H,16,17). The zero-order chi connectivity index (χ0) is 13.4. The minimum atomic E-state index is -0.711. The molecule has 0 aromatic heterocycles. The summed E-state index contributed by atoms with van der Waals surface area (Å²) >= 11 is 3.54. The molecule has 0 amide bonds. The average molecular weight is 315 g/mol. The van der Waals surface area contributed by atoms with Gasteiger partial charge in [-0.15, -0.1) is 0 Å². The van der Waals surface area contributed by atoms with Crippen LogP contribution in [0.4, 0.5) is 0 Å². The third-order valence-corrected chi connectivity index (χ3v) is 3.41. The van der Waals surface area contributed by atoms with Gasteiger partial charge in [-0.05, 0) is 43.9 Å². The van der Waals surface area contributed by atoms with E-state index in [4.69, 9.17) is 9.84 Å². The predicted molar refractivity (Wildman–Crippen MR) is 75.1 cm³/mol. The Bertz CT molecular complexity index is 391. The zero-order valence-corrected chi connectivity index (χ0v) is 12.2. The molecule has 0 saturated heterocycles. The largest absolute Gasteiger partial charge is 0.494 e. The normalized spacial score (nSPS) is 10.3. The number of hydrogen-bond donors (Lipinski definition) is 1. The lowest BCUT2D eigenvalue weighted by Crippen LogP contribution is -1.95. The minimum Gasteiger partial charge on any atom is -0.494 e. The van der Waals surface area contributed by atoms with E-state index in [2.05, 4.69) is 22.0 Å². The molecule has 0 fully saturated rings. The number of ether oxygens (including phenoxy) is 1. The number of halogens is 1. The first-order chi connectivity index (χ1) is 8.63. The molecule has 4 heteroatoms. The van der Waals surface area contributed by atoms with Crippen molar-refractivity contribution in [1.29, 1.82) is 0 Å². The molecule has 1 aromatic rings. The highest BCUT2D eigenvalue weighted by atomic mass is 79.9. The quantitative estimate of drug-likeness (QED) is 0.737. The van der Waals surface area contributed by atoms with Crippen LogP contribution in [0.3, 0.4) is 0 Å². The topological polar surface area (TPSA) is 46.5 Å². The van der Waals surface area contributed by atoms with Gasteiger partial charge in [0, 0.05) is 10.9 Å². The highest BCUT2D eigenvalue weighted by Gasteiger charge is 2.03. The van der Waals surface area contributed by atoms with Crippen molar-refractivity contribution in [3.63, 3.8) is 0 Å². The van der Waals surface area contributed by atoms with Crippen molar-refractivity contribution in [2.75, 3.05) is 6.61 Å². The van der Waals surface area contributed by atoms with Crippen molar-refractivity contribution in [2.45, 2.75) is 39.0 Å². The van der Waals surface area contributed by atoms with E-state index in [-0.39, 0.29) is 6.42 Å². The summed E-state index contributed by atoms with van der Waals surface area (Å²) in [6, 6.07) is 6.02. The highest BCUT2D eigenvalue weighted by molar-refractivity contribution is 9.10. The van der Waals surface area contributed by atoms with E-state index in [0.717, 1.165) is 35.9 Å². The maximum Gasteiger partial charge on any atom is 0.303 e. The number of carboxylic acids is 1. The van der Waals surface area contributed by atoms with E-state index in [1.807, 2.05) is 19.1 Å². The van der Waals surface area contributed by atoms with Gasteiger partial charge in [-0.2, -0.15) is 0 Å². The Hall–Kier alpha value is -1.03. The molecule has 100 valence electrons. The van der Waals surface area contributed by atoms with Crippen molar-refractivity contribution < 1.29 is 14.6 Å². The summed E-state index contributed by atoms with van der Waals surface area (Å²) in [4.78, 5) is 10.4. The van der Waals surface area contributed by atoms with Gasteiger partial charge in [0.15, 0.2) is 0 Å². The highest BCUT2D eigenvalue weighted by Crippen LogP contribution is 2.24. The lowest BCUT2D eigenvalue weighted by Gasteiger charge is -2.08. The van der Waals surface area contributed by atoms with E-state index in [0.29, 0.717) is 6.61 Å². The number of carbonyl (C=O) groups is 1. The molecule has 0 aliphatic rings. The molecular formula is C14H19BrO3. The van der Waals surface area contributed by atoms with E-state index in [9.17, 15) is 4.79 Å². The van der Waals surface area contributed by atoms with E-state index < -0.39 is 5.97 Å². The van der Waals surface area contributed by atoms with Crippen LogP contribution in [0.2, 0.25) is 0 Å². The van der Waals surface area contributed by atoms with Crippen LogP contribution in [0.5, 0.6) is 5.75 Å². The van der Waals surface area contributed by atoms with Gasteiger partial charge in [-0.3, -0.25) is 4.79 Å². The fourth-order valence-electron chi connectivity index (χ4n) is 1.76. The molecule has 0 unspecified atom stereocenters. The van der Waals surface area contributed by atoms with E-state index in [1.54, 1.807) is 0 Å². The molecular weight excluding hydrogens is 296 g/mol. The predicted octanol–water partition coefficient (Wildman–Crippen LogP) is 4.04. The summed E-state index contributed by atoms with van der Waals surface area (Å²) in [6.45, 7) is 2.63. The number of aryl methyl sites for hydroxylation is 1. The van der Waals surface area contributed by atoms with E-state index >= 15 is 0 Å². The third kappa shape index (κ3) is 5.54. The Morgan fingerprint density at radius 3 is 2.72 bits per heavy atom. The van der Waals surface area contributed by atoms with Gasteiger partial charge in [0.05, 0.1) is 6.61 Å². The lowest BCUT2D eigenvalue weighted by molar-refractivity contribution is -0.137. The van der Waals surface area contributed by atoms with Gasteiger partial charge in [0.1, 0.15) is 5.75 Å². The number of unbranched alkanes of at least 4 members (excludes halogenated alkanes) is 2. The van der Waals surface area contributed by atoms with Crippen molar-refractivity contribution in [1.82, 2.24) is 0 Å². The molecule has 1 rings (SSSR count). The minimum absolute atomic E-state index is 0.268. The van der Waals surface area contributed by atoms with Crippen molar-refractivity contribution in [2.24, 2.45) is 0 Å². The molecule has 3 nitrogen and oxygen atoms in total. The third-order valence-electron chi connectivity index (χ3n) is 2.67. The number of hydrogen-bond acceptors (Lipinski definition) is 2. The summed E-state index contributed by atoms with van der Waals surface area (Å²) in [6.07, 6.45) is 3.95. The van der Waals surface area contributed by atoms with Crippen LogP contribution < -0.4 is 4.74 Å². The first-order valence-electron chi connectivity index (χ1n) is 6.26. The van der Waals surface area contributed by atoms with Crippen LogP contribution in [0, 0.1) is 0 Å². The Morgan fingerprint density at radius 2 is 2.11 bits per heavy atom. The van der Waals surface area contributed by atoms with Crippen molar-refractivity contribution in [3.8, 4) is 5.75 Å². The maximum atomic E-state index is 10.4. The second kappa shape index (κ2) is 8.14. The first-order valence-corrected chi connectivity index (χ1v) is 7.05. The summed E-state index contributed by atoms with van der Waals surface area (Å²) in [7, 11) is 0. The number of carboxylic acid groups (broad SMARTS) is 1. The van der Waals surface area contributed by atoms with Crippen molar-refractivity contribution in [3.05, 3.63) is 28.2 Å². The SMILES string of the molecule is CCOc1ccc(CCCCCC(=O)O)c(Br)c1. The fourth-order valence-corrected chi connectivity index (χ4v) is 2.31. The molecule has 0 spiro atoms. The lowest BCUT2D eigenvalue weighted by atomic mass is 10.1. The number of aliphatic carboxylic acids is 1. The van der Waals surface area contributed by atoms with Crippen LogP contribution in [-0.4, -0.2) is 17.7 Å². The molecule has 0 atom stereocenters. The molecule has 18 heavy (non-hydrogen) atoms. The average Bonchev–Trinajstić information content (AvgIpc) is 2.31. The Balaban J connectivity index is 2.36. The smallest absolute Gasteiger partial charge is 0.303 e.